The van der Waals surface area contributed by atoms with Crippen LogP contribution in [0.25, 0.3) is 0 Å². The lowest BCUT2D eigenvalue weighted by Gasteiger charge is -2.37. The highest BCUT2D eigenvalue weighted by Gasteiger charge is 2.32. The van der Waals surface area contributed by atoms with E-state index >= 15 is 0 Å². The van der Waals surface area contributed by atoms with Gasteiger partial charge in [-0.25, -0.2) is 4.79 Å². The molecular formula is C20H20N4O2. The molecule has 0 fully saturated rings. The summed E-state index contributed by atoms with van der Waals surface area (Å²) < 4.78 is 7.36. The van der Waals surface area contributed by atoms with Crippen LogP contribution in [-0.4, -0.2) is 34.1 Å². The quantitative estimate of drug-likeness (QED) is 0.788. The number of nitrogens with one attached hydrogen (secondary N) is 1. The molecule has 132 valence electrons. The molecule has 2 aromatic heterocycles. The fraction of sp³-hybridized carbons (Fsp3) is 0.200. The van der Waals surface area contributed by atoms with Crippen molar-refractivity contribution in [3.63, 3.8) is 0 Å². The topological polar surface area (TPSA) is 59.4 Å². The fourth-order valence-corrected chi connectivity index (χ4v) is 3.37. The van der Waals surface area contributed by atoms with Gasteiger partial charge in [-0.1, -0.05) is 0 Å². The van der Waals surface area contributed by atoms with Crippen molar-refractivity contribution in [1.29, 1.82) is 0 Å². The number of benzene rings is 1. The first-order valence-corrected chi connectivity index (χ1v) is 8.53. The standard InChI is InChI=1S/C20H20N4O2/c1-26-17-6-4-16(5-7-17)22-20(25)24-14-13-23-12-2-3-18(23)19(24)15-8-10-21-11-9-15/h2-12,19H,13-14H2,1H3,(H,22,25). The number of amides is 2. The number of hydrogen-bond acceptors (Lipinski definition) is 3. The van der Waals surface area contributed by atoms with Crippen molar-refractivity contribution in [2.75, 3.05) is 19.0 Å². The van der Waals surface area contributed by atoms with Crippen molar-refractivity contribution in [3.05, 3.63) is 78.4 Å². The van der Waals surface area contributed by atoms with Gasteiger partial charge >= 0.3 is 6.03 Å². The number of carbonyl (C=O) groups is 1. The molecule has 1 aromatic carbocycles. The van der Waals surface area contributed by atoms with Gasteiger partial charge in [0.15, 0.2) is 0 Å². The van der Waals surface area contributed by atoms with Crippen LogP contribution in [0, 0.1) is 0 Å². The summed E-state index contributed by atoms with van der Waals surface area (Å²) in [5.74, 6) is 0.758. The minimum atomic E-state index is -0.139. The molecule has 1 atom stereocenters. The number of ether oxygens (including phenoxy) is 1. The largest absolute Gasteiger partial charge is 0.497 e. The normalized spacial score (nSPS) is 16.0. The molecule has 0 bridgehead atoms. The zero-order valence-corrected chi connectivity index (χ0v) is 14.5. The number of fused-ring (bicyclic) bond motifs is 1. The van der Waals surface area contributed by atoms with E-state index < -0.39 is 0 Å². The van der Waals surface area contributed by atoms with Gasteiger partial charge in [0.1, 0.15) is 5.75 Å². The van der Waals surface area contributed by atoms with E-state index in [9.17, 15) is 4.79 Å². The van der Waals surface area contributed by atoms with Gasteiger partial charge in [-0.05, 0) is 54.1 Å². The van der Waals surface area contributed by atoms with Crippen molar-refractivity contribution in [2.45, 2.75) is 12.6 Å². The second-order valence-corrected chi connectivity index (χ2v) is 6.16. The van der Waals surface area contributed by atoms with E-state index in [0.717, 1.165) is 29.2 Å². The summed E-state index contributed by atoms with van der Waals surface area (Å²) in [6.07, 6.45) is 5.58. The molecule has 1 N–H and O–H groups in total. The van der Waals surface area contributed by atoms with Crippen LogP contribution in [0.15, 0.2) is 67.1 Å². The molecule has 0 spiro atoms. The van der Waals surface area contributed by atoms with Crippen LogP contribution in [0.4, 0.5) is 10.5 Å². The molecule has 0 saturated carbocycles. The molecule has 1 unspecified atom stereocenters. The molecule has 3 heterocycles. The average molecular weight is 348 g/mol. The Balaban J connectivity index is 1.62. The van der Waals surface area contributed by atoms with Crippen LogP contribution < -0.4 is 10.1 Å². The minimum Gasteiger partial charge on any atom is -0.497 e. The van der Waals surface area contributed by atoms with Crippen molar-refractivity contribution < 1.29 is 9.53 Å². The van der Waals surface area contributed by atoms with Gasteiger partial charge in [-0.2, -0.15) is 0 Å². The van der Waals surface area contributed by atoms with E-state index in [1.54, 1.807) is 19.5 Å². The number of nitrogens with zero attached hydrogens (tertiary/aromatic N) is 3. The maximum atomic E-state index is 13.0. The zero-order chi connectivity index (χ0) is 17.9. The number of hydrogen-bond donors (Lipinski definition) is 1. The predicted molar refractivity (Wildman–Crippen MR) is 99.2 cm³/mol. The molecule has 3 aromatic rings. The SMILES string of the molecule is COc1ccc(NC(=O)N2CCn3cccc3C2c2ccncc2)cc1. The van der Waals surface area contributed by atoms with Crippen LogP contribution in [0.1, 0.15) is 17.3 Å². The second kappa shape index (κ2) is 6.92. The molecule has 6 heteroatoms. The number of aromatic nitrogens is 2. The first kappa shape index (κ1) is 16.2. The van der Waals surface area contributed by atoms with E-state index in [0.29, 0.717) is 6.54 Å². The van der Waals surface area contributed by atoms with Gasteiger partial charge in [0.05, 0.1) is 13.2 Å². The van der Waals surface area contributed by atoms with E-state index in [-0.39, 0.29) is 12.1 Å². The van der Waals surface area contributed by atoms with Gasteiger partial charge < -0.3 is 19.5 Å². The van der Waals surface area contributed by atoms with Crippen molar-refractivity contribution >= 4 is 11.7 Å². The lowest BCUT2D eigenvalue weighted by atomic mass is 10.0. The highest BCUT2D eigenvalue weighted by molar-refractivity contribution is 5.90. The zero-order valence-electron chi connectivity index (χ0n) is 14.5. The summed E-state index contributed by atoms with van der Waals surface area (Å²) in [6, 6.07) is 15.1. The minimum absolute atomic E-state index is 0.121. The number of methoxy groups -OCH3 is 1. The van der Waals surface area contributed by atoms with Gasteiger partial charge in [0.2, 0.25) is 0 Å². The molecule has 26 heavy (non-hydrogen) atoms. The second-order valence-electron chi connectivity index (χ2n) is 6.16. The van der Waals surface area contributed by atoms with Crippen LogP contribution in [-0.2, 0) is 6.54 Å². The molecule has 0 aliphatic carbocycles. The summed E-state index contributed by atoms with van der Waals surface area (Å²) in [6.45, 7) is 1.41. The maximum absolute atomic E-state index is 13.0. The molecule has 6 nitrogen and oxygen atoms in total. The first-order chi connectivity index (χ1) is 12.8. The number of rotatable bonds is 3. The van der Waals surface area contributed by atoms with Crippen molar-refractivity contribution in [1.82, 2.24) is 14.5 Å². The lowest BCUT2D eigenvalue weighted by Crippen LogP contribution is -2.44. The van der Waals surface area contributed by atoms with Crippen LogP contribution in [0.5, 0.6) is 5.75 Å². The molecule has 4 rings (SSSR count). The van der Waals surface area contributed by atoms with Crippen LogP contribution >= 0.6 is 0 Å². The van der Waals surface area contributed by atoms with Crippen molar-refractivity contribution in [3.8, 4) is 5.75 Å². The van der Waals surface area contributed by atoms with E-state index in [2.05, 4.69) is 27.1 Å². The summed E-state index contributed by atoms with van der Waals surface area (Å²) in [7, 11) is 1.62. The Labute approximate surface area is 152 Å². The van der Waals surface area contributed by atoms with Gasteiger partial charge in [-0.15, -0.1) is 0 Å². The van der Waals surface area contributed by atoms with Crippen LogP contribution in [0.3, 0.4) is 0 Å². The first-order valence-electron chi connectivity index (χ1n) is 8.53. The molecule has 0 saturated heterocycles. The number of pyridine rings is 1. The monoisotopic (exact) mass is 348 g/mol. The number of anilines is 1. The highest BCUT2D eigenvalue weighted by atomic mass is 16.5. The van der Waals surface area contributed by atoms with E-state index in [4.69, 9.17) is 4.74 Å². The van der Waals surface area contributed by atoms with E-state index in [1.165, 1.54) is 0 Å². The third-order valence-corrected chi connectivity index (χ3v) is 4.66. The number of urea groups is 1. The Morgan fingerprint density at radius 1 is 1.12 bits per heavy atom. The molecule has 1 aliphatic heterocycles. The van der Waals surface area contributed by atoms with Gasteiger partial charge in [0, 0.05) is 43.1 Å². The van der Waals surface area contributed by atoms with E-state index in [1.807, 2.05) is 47.4 Å². The third-order valence-electron chi connectivity index (χ3n) is 4.66. The molecule has 0 radical (unpaired) electrons. The Morgan fingerprint density at radius 2 is 1.88 bits per heavy atom. The summed E-state index contributed by atoms with van der Waals surface area (Å²) in [5.41, 5.74) is 2.89. The Bertz CT molecular complexity index is 890. The summed E-state index contributed by atoms with van der Waals surface area (Å²) in [4.78, 5) is 19.0. The third kappa shape index (κ3) is 3.01. The summed E-state index contributed by atoms with van der Waals surface area (Å²) >= 11 is 0. The fourth-order valence-electron chi connectivity index (χ4n) is 3.37. The Kier molecular flexibility index (Phi) is 4.31. The van der Waals surface area contributed by atoms with Crippen molar-refractivity contribution in [2.24, 2.45) is 0 Å². The Hall–Kier alpha value is -3.28. The highest BCUT2D eigenvalue weighted by Crippen LogP contribution is 2.32. The smallest absolute Gasteiger partial charge is 0.322 e. The molecular weight excluding hydrogens is 328 g/mol. The molecule has 1 aliphatic rings. The van der Waals surface area contributed by atoms with Gasteiger partial charge in [-0.3, -0.25) is 4.98 Å². The predicted octanol–water partition coefficient (Wildman–Crippen LogP) is 3.53. The average Bonchev–Trinajstić information content (AvgIpc) is 3.17. The summed E-state index contributed by atoms with van der Waals surface area (Å²) in [5, 5.41) is 2.99. The van der Waals surface area contributed by atoms with Gasteiger partial charge in [0.25, 0.3) is 0 Å². The number of carbonyl (C=O) groups excluding carboxylic acids is 1. The lowest BCUT2D eigenvalue weighted by molar-refractivity contribution is 0.182. The Morgan fingerprint density at radius 3 is 2.62 bits per heavy atom. The maximum Gasteiger partial charge on any atom is 0.322 e. The molecule has 2 amide bonds. The van der Waals surface area contributed by atoms with Crippen LogP contribution in [0.2, 0.25) is 0 Å².